The molecule has 8 heteroatoms. The lowest BCUT2D eigenvalue weighted by atomic mass is 10.0. The van der Waals surface area contributed by atoms with Crippen LogP contribution in [0.5, 0.6) is 0 Å². The lowest BCUT2D eigenvalue weighted by molar-refractivity contribution is 0.244. The fourth-order valence-electron chi connectivity index (χ4n) is 2.62. The topological polar surface area (TPSA) is 92.0 Å². The number of anilines is 2. The van der Waals surface area contributed by atoms with E-state index < -0.39 is 0 Å². The van der Waals surface area contributed by atoms with Crippen molar-refractivity contribution in [3.05, 3.63) is 18.7 Å². The molecular weight excluding hydrogens is 270 g/mol. The van der Waals surface area contributed by atoms with Crippen LogP contribution < -0.4 is 10.2 Å². The maximum Gasteiger partial charge on any atom is 0.241 e. The van der Waals surface area contributed by atoms with Gasteiger partial charge >= 0.3 is 0 Å². The van der Waals surface area contributed by atoms with Crippen molar-refractivity contribution < 1.29 is 5.11 Å². The fraction of sp³-hybridized carbons (Fsp3) is 0.538. The first-order chi connectivity index (χ1) is 10.2. The molecule has 2 aromatic rings. The van der Waals surface area contributed by atoms with Gasteiger partial charge in [0.2, 0.25) is 17.8 Å². The molecule has 0 spiro atoms. The Bertz CT molecular complexity index is 601. The Labute approximate surface area is 122 Å². The van der Waals surface area contributed by atoms with Gasteiger partial charge in [0.05, 0.1) is 12.6 Å². The highest BCUT2D eigenvalue weighted by Gasteiger charge is 2.32. The summed E-state index contributed by atoms with van der Waals surface area (Å²) in [6.07, 6.45) is 6.13. The first-order valence-corrected chi connectivity index (χ1v) is 7.02. The quantitative estimate of drug-likeness (QED) is 0.836. The molecule has 1 saturated heterocycles. The summed E-state index contributed by atoms with van der Waals surface area (Å²) in [5.41, 5.74) is 0. The summed E-state index contributed by atoms with van der Waals surface area (Å²) < 4.78 is 1.74. The molecule has 3 rings (SSSR count). The average molecular weight is 289 g/mol. The second-order valence-corrected chi connectivity index (χ2v) is 5.19. The van der Waals surface area contributed by atoms with Crippen molar-refractivity contribution in [1.82, 2.24) is 24.5 Å². The number of hydrogen-bond donors (Lipinski definition) is 2. The molecule has 0 radical (unpaired) electrons. The molecule has 2 N–H and O–H groups in total. The van der Waals surface area contributed by atoms with Crippen LogP contribution in [0.25, 0.3) is 5.95 Å². The number of hydrogen-bond acceptors (Lipinski definition) is 7. The molecule has 0 aliphatic carbocycles. The van der Waals surface area contributed by atoms with Crippen LogP contribution in [0, 0.1) is 5.92 Å². The number of aromatic nitrogens is 5. The third-order valence-corrected chi connectivity index (χ3v) is 3.90. The van der Waals surface area contributed by atoms with Gasteiger partial charge in [-0.1, -0.05) is 6.92 Å². The van der Waals surface area contributed by atoms with Gasteiger partial charge in [-0.05, 0) is 12.3 Å². The molecule has 0 amide bonds. The van der Waals surface area contributed by atoms with Gasteiger partial charge in [-0.15, -0.1) is 0 Å². The third-order valence-electron chi connectivity index (χ3n) is 3.90. The number of imidazole rings is 1. The first-order valence-electron chi connectivity index (χ1n) is 7.02. The highest BCUT2D eigenvalue weighted by molar-refractivity contribution is 5.42. The van der Waals surface area contributed by atoms with E-state index >= 15 is 0 Å². The minimum atomic E-state index is 0.0488. The Morgan fingerprint density at radius 1 is 1.33 bits per heavy atom. The summed E-state index contributed by atoms with van der Waals surface area (Å²) in [7, 11) is 1.77. The molecule has 1 aliphatic heterocycles. The molecule has 2 unspecified atom stereocenters. The van der Waals surface area contributed by atoms with E-state index in [1.807, 2.05) is 4.90 Å². The monoisotopic (exact) mass is 289 g/mol. The van der Waals surface area contributed by atoms with E-state index in [0.717, 1.165) is 13.0 Å². The van der Waals surface area contributed by atoms with E-state index in [4.69, 9.17) is 0 Å². The van der Waals surface area contributed by atoms with Crippen LogP contribution in [0.2, 0.25) is 0 Å². The predicted octanol–water partition coefficient (Wildman–Crippen LogP) is 0.306. The molecular formula is C13H19N7O. The lowest BCUT2D eigenvalue weighted by Crippen LogP contribution is -2.36. The Hall–Kier alpha value is -2.22. The highest BCUT2D eigenvalue weighted by atomic mass is 16.3. The molecule has 2 atom stereocenters. The lowest BCUT2D eigenvalue weighted by Gasteiger charge is -2.25. The minimum absolute atomic E-state index is 0.0488. The Morgan fingerprint density at radius 2 is 2.14 bits per heavy atom. The third kappa shape index (κ3) is 2.54. The van der Waals surface area contributed by atoms with Crippen LogP contribution in [-0.4, -0.2) is 55.9 Å². The number of aliphatic hydroxyl groups is 1. The van der Waals surface area contributed by atoms with E-state index in [-0.39, 0.29) is 12.6 Å². The van der Waals surface area contributed by atoms with E-state index in [1.165, 1.54) is 0 Å². The SMILES string of the molecule is CNc1nc(N2CCC(C)C2CO)nc(-n2ccnc2)n1. The van der Waals surface area contributed by atoms with Gasteiger partial charge < -0.3 is 15.3 Å². The average Bonchev–Trinajstić information content (AvgIpc) is 3.16. The van der Waals surface area contributed by atoms with Crippen LogP contribution in [0.15, 0.2) is 18.7 Å². The fourth-order valence-corrected chi connectivity index (χ4v) is 2.62. The molecule has 21 heavy (non-hydrogen) atoms. The van der Waals surface area contributed by atoms with E-state index in [1.54, 1.807) is 30.3 Å². The van der Waals surface area contributed by atoms with Gasteiger partial charge in [0.1, 0.15) is 6.33 Å². The normalized spacial score (nSPS) is 21.8. The van der Waals surface area contributed by atoms with Gasteiger partial charge in [-0.2, -0.15) is 15.0 Å². The van der Waals surface area contributed by atoms with Crippen LogP contribution in [0.3, 0.4) is 0 Å². The van der Waals surface area contributed by atoms with Crippen molar-refractivity contribution >= 4 is 11.9 Å². The van der Waals surface area contributed by atoms with Gasteiger partial charge in [-0.3, -0.25) is 4.57 Å². The van der Waals surface area contributed by atoms with Gasteiger partial charge in [-0.25, -0.2) is 4.98 Å². The Balaban J connectivity index is 2.00. The van der Waals surface area contributed by atoms with Crippen LogP contribution in [0.1, 0.15) is 13.3 Å². The van der Waals surface area contributed by atoms with E-state index in [9.17, 15) is 5.11 Å². The summed E-state index contributed by atoms with van der Waals surface area (Å²) in [5.74, 6) is 2.01. The summed E-state index contributed by atoms with van der Waals surface area (Å²) >= 11 is 0. The largest absolute Gasteiger partial charge is 0.394 e. The second-order valence-electron chi connectivity index (χ2n) is 5.19. The van der Waals surface area contributed by atoms with Gasteiger partial charge in [0, 0.05) is 26.0 Å². The maximum atomic E-state index is 9.60. The van der Waals surface area contributed by atoms with Crippen molar-refractivity contribution in [1.29, 1.82) is 0 Å². The van der Waals surface area contributed by atoms with Crippen molar-refractivity contribution in [2.45, 2.75) is 19.4 Å². The summed E-state index contributed by atoms with van der Waals surface area (Å²) in [6, 6.07) is 0.0488. The van der Waals surface area contributed by atoms with Gasteiger partial charge in [0.15, 0.2) is 0 Å². The van der Waals surface area contributed by atoms with Crippen LogP contribution in [-0.2, 0) is 0 Å². The molecule has 0 saturated carbocycles. The molecule has 112 valence electrons. The van der Waals surface area contributed by atoms with E-state index in [0.29, 0.717) is 23.8 Å². The van der Waals surface area contributed by atoms with Crippen molar-refractivity contribution in [2.75, 3.05) is 30.4 Å². The molecule has 1 aliphatic rings. The number of aliphatic hydroxyl groups excluding tert-OH is 1. The smallest absolute Gasteiger partial charge is 0.241 e. The first kappa shape index (κ1) is 13.7. The van der Waals surface area contributed by atoms with Crippen molar-refractivity contribution in [3.8, 4) is 5.95 Å². The minimum Gasteiger partial charge on any atom is -0.394 e. The standard InChI is InChI=1S/C13H19N7O/c1-9-3-5-20(10(9)7-21)13-17-11(14-2)16-12(18-13)19-6-4-15-8-19/h4,6,8-10,21H,3,5,7H2,1-2H3,(H,14,16,17,18). The predicted molar refractivity (Wildman–Crippen MR) is 78.5 cm³/mol. The molecule has 0 bridgehead atoms. The molecule has 1 fully saturated rings. The number of nitrogens with zero attached hydrogens (tertiary/aromatic N) is 6. The van der Waals surface area contributed by atoms with Crippen molar-refractivity contribution in [2.24, 2.45) is 5.92 Å². The zero-order valence-electron chi connectivity index (χ0n) is 12.1. The number of rotatable bonds is 4. The molecule has 2 aromatic heterocycles. The molecule has 8 nitrogen and oxygen atoms in total. The van der Waals surface area contributed by atoms with Crippen LogP contribution >= 0.6 is 0 Å². The Morgan fingerprint density at radius 3 is 2.81 bits per heavy atom. The zero-order chi connectivity index (χ0) is 14.8. The zero-order valence-corrected chi connectivity index (χ0v) is 12.1. The Kier molecular flexibility index (Phi) is 3.70. The number of nitrogens with one attached hydrogen (secondary N) is 1. The molecule has 0 aromatic carbocycles. The summed E-state index contributed by atoms with van der Waals surface area (Å²) in [6.45, 7) is 3.07. The van der Waals surface area contributed by atoms with Crippen molar-refractivity contribution in [3.63, 3.8) is 0 Å². The molecule has 3 heterocycles. The highest BCUT2D eigenvalue weighted by Crippen LogP contribution is 2.27. The summed E-state index contributed by atoms with van der Waals surface area (Å²) in [5, 5.41) is 12.6. The van der Waals surface area contributed by atoms with Crippen LogP contribution in [0.4, 0.5) is 11.9 Å². The van der Waals surface area contributed by atoms with E-state index in [2.05, 4.69) is 32.2 Å². The summed E-state index contributed by atoms with van der Waals surface area (Å²) in [4.78, 5) is 19.3. The van der Waals surface area contributed by atoms with Gasteiger partial charge in [0.25, 0.3) is 0 Å². The maximum absolute atomic E-state index is 9.60. The second kappa shape index (κ2) is 5.65.